The van der Waals surface area contributed by atoms with Gasteiger partial charge in [0.05, 0.1) is 0 Å². The third kappa shape index (κ3) is 3.09. The van der Waals surface area contributed by atoms with Crippen molar-refractivity contribution in [1.82, 2.24) is 9.97 Å². The van der Waals surface area contributed by atoms with E-state index in [0.717, 1.165) is 5.82 Å². The van der Waals surface area contributed by atoms with E-state index in [4.69, 9.17) is 5.11 Å². The van der Waals surface area contributed by atoms with Gasteiger partial charge in [-0.25, -0.2) is 9.97 Å². The molecule has 0 spiro atoms. The number of carboxylic acid groups (broad SMARTS) is 1. The van der Waals surface area contributed by atoms with Crippen LogP contribution in [-0.4, -0.2) is 40.7 Å². The number of hydrogen-bond acceptors (Lipinski definition) is 5. The van der Waals surface area contributed by atoms with Crippen molar-refractivity contribution < 1.29 is 9.90 Å². The van der Waals surface area contributed by atoms with E-state index >= 15 is 0 Å². The Morgan fingerprint density at radius 3 is 2.89 bits per heavy atom. The summed E-state index contributed by atoms with van der Waals surface area (Å²) in [5.41, 5.74) is 0. The van der Waals surface area contributed by atoms with Gasteiger partial charge >= 0.3 is 5.97 Å². The molecule has 1 aliphatic rings. The summed E-state index contributed by atoms with van der Waals surface area (Å²) in [6.45, 7) is -0.135. The molecule has 98 valence electrons. The fourth-order valence-electron chi connectivity index (χ4n) is 2.28. The van der Waals surface area contributed by atoms with Crippen LogP contribution < -0.4 is 10.2 Å². The Bertz CT molecular complexity index is 418. The number of aromatic nitrogens is 2. The summed E-state index contributed by atoms with van der Waals surface area (Å²) in [5, 5.41) is 11.4. The molecule has 0 unspecified atom stereocenters. The highest BCUT2D eigenvalue weighted by molar-refractivity contribution is 5.72. The van der Waals surface area contributed by atoms with Crippen LogP contribution in [0.4, 0.5) is 11.6 Å². The lowest BCUT2D eigenvalue weighted by Gasteiger charge is -2.25. The van der Waals surface area contributed by atoms with Crippen molar-refractivity contribution in [2.24, 2.45) is 0 Å². The normalized spacial score (nSPS) is 15.6. The molecule has 0 bridgehead atoms. The van der Waals surface area contributed by atoms with Gasteiger partial charge in [0, 0.05) is 19.2 Å². The molecule has 2 rings (SSSR count). The molecule has 0 saturated heterocycles. The molecule has 0 aliphatic heterocycles. The van der Waals surface area contributed by atoms with Crippen molar-refractivity contribution >= 4 is 17.6 Å². The third-order valence-corrected chi connectivity index (χ3v) is 3.31. The van der Waals surface area contributed by atoms with Crippen molar-refractivity contribution in [1.29, 1.82) is 0 Å². The number of nitrogens with one attached hydrogen (secondary N) is 1. The molecule has 2 N–H and O–H groups in total. The van der Waals surface area contributed by atoms with Crippen molar-refractivity contribution in [3.8, 4) is 0 Å². The number of nitrogens with zero attached hydrogens (tertiary/aromatic N) is 3. The fourth-order valence-corrected chi connectivity index (χ4v) is 2.28. The molecule has 0 atom stereocenters. The maximum absolute atomic E-state index is 10.5. The first-order valence-corrected chi connectivity index (χ1v) is 6.17. The second-order valence-corrected chi connectivity index (χ2v) is 4.56. The SMILES string of the molecule is CN(c1cc(NCC(=O)O)ncn1)C1CCCC1. The van der Waals surface area contributed by atoms with Crippen LogP contribution in [0.5, 0.6) is 0 Å². The zero-order valence-corrected chi connectivity index (χ0v) is 10.5. The van der Waals surface area contributed by atoms with Crippen LogP contribution in [0.1, 0.15) is 25.7 Å². The number of carboxylic acids is 1. The molecule has 1 heterocycles. The van der Waals surface area contributed by atoms with Gasteiger partial charge in [-0.3, -0.25) is 4.79 Å². The maximum atomic E-state index is 10.5. The lowest BCUT2D eigenvalue weighted by Crippen LogP contribution is -2.29. The van der Waals surface area contributed by atoms with Crippen LogP contribution in [0, 0.1) is 0 Å². The summed E-state index contributed by atoms with van der Waals surface area (Å²) in [5.74, 6) is 0.483. The smallest absolute Gasteiger partial charge is 0.322 e. The second-order valence-electron chi connectivity index (χ2n) is 4.56. The zero-order chi connectivity index (χ0) is 13.0. The van der Waals surface area contributed by atoms with Gasteiger partial charge in [-0.15, -0.1) is 0 Å². The monoisotopic (exact) mass is 250 g/mol. The van der Waals surface area contributed by atoms with E-state index in [9.17, 15) is 4.79 Å². The molecule has 6 nitrogen and oxygen atoms in total. The van der Waals surface area contributed by atoms with Crippen LogP contribution in [-0.2, 0) is 4.79 Å². The van der Waals surface area contributed by atoms with Crippen molar-refractivity contribution in [3.05, 3.63) is 12.4 Å². The number of rotatable bonds is 5. The van der Waals surface area contributed by atoms with E-state index in [0.29, 0.717) is 11.9 Å². The van der Waals surface area contributed by atoms with Gasteiger partial charge in [0.2, 0.25) is 0 Å². The Labute approximate surface area is 106 Å². The first kappa shape index (κ1) is 12.6. The lowest BCUT2D eigenvalue weighted by molar-refractivity contribution is -0.134. The van der Waals surface area contributed by atoms with Gasteiger partial charge in [-0.05, 0) is 12.8 Å². The number of carbonyl (C=O) groups is 1. The molecule has 1 aromatic rings. The van der Waals surface area contributed by atoms with Crippen molar-refractivity contribution in [3.63, 3.8) is 0 Å². The molecular formula is C12H18N4O2. The summed E-state index contributed by atoms with van der Waals surface area (Å²) in [6, 6.07) is 2.33. The van der Waals surface area contributed by atoms with Crippen LogP contribution in [0.25, 0.3) is 0 Å². The summed E-state index contributed by atoms with van der Waals surface area (Å²) < 4.78 is 0. The zero-order valence-electron chi connectivity index (χ0n) is 10.5. The number of hydrogen-bond donors (Lipinski definition) is 2. The van der Waals surface area contributed by atoms with Crippen LogP contribution in [0.2, 0.25) is 0 Å². The van der Waals surface area contributed by atoms with E-state index in [1.807, 2.05) is 7.05 Å². The molecule has 1 aromatic heterocycles. The first-order valence-electron chi connectivity index (χ1n) is 6.17. The average molecular weight is 250 g/mol. The number of aliphatic carboxylic acids is 1. The fraction of sp³-hybridized carbons (Fsp3) is 0.583. The van der Waals surface area contributed by atoms with Crippen LogP contribution in [0.3, 0.4) is 0 Å². The highest BCUT2D eigenvalue weighted by Gasteiger charge is 2.20. The molecular weight excluding hydrogens is 232 g/mol. The molecule has 0 aromatic carbocycles. The minimum Gasteiger partial charge on any atom is -0.480 e. The molecule has 6 heteroatoms. The van der Waals surface area contributed by atoms with Gasteiger partial charge in [0.25, 0.3) is 0 Å². The Hall–Kier alpha value is -1.85. The maximum Gasteiger partial charge on any atom is 0.322 e. The van der Waals surface area contributed by atoms with Gasteiger partial charge in [-0.2, -0.15) is 0 Å². The van der Waals surface area contributed by atoms with E-state index in [1.54, 1.807) is 6.07 Å². The topological polar surface area (TPSA) is 78.4 Å². The highest BCUT2D eigenvalue weighted by atomic mass is 16.4. The summed E-state index contributed by atoms with van der Waals surface area (Å²) in [4.78, 5) is 20.9. The van der Waals surface area contributed by atoms with Gasteiger partial charge in [0.15, 0.2) is 0 Å². The Kier molecular flexibility index (Phi) is 3.96. The minimum atomic E-state index is -0.903. The third-order valence-electron chi connectivity index (χ3n) is 3.31. The van der Waals surface area contributed by atoms with Crippen molar-refractivity contribution in [2.45, 2.75) is 31.7 Å². The molecule has 0 radical (unpaired) electrons. The molecule has 1 aliphatic carbocycles. The number of anilines is 2. The molecule has 1 fully saturated rings. The Morgan fingerprint density at radius 2 is 2.22 bits per heavy atom. The van der Waals surface area contributed by atoms with Crippen molar-refractivity contribution in [2.75, 3.05) is 23.8 Å². The average Bonchev–Trinajstić information content (AvgIpc) is 2.89. The largest absolute Gasteiger partial charge is 0.480 e. The van der Waals surface area contributed by atoms with E-state index in [2.05, 4.69) is 20.2 Å². The highest BCUT2D eigenvalue weighted by Crippen LogP contribution is 2.26. The van der Waals surface area contributed by atoms with E-state index in [1.165, 1.54) is 32.0 Å². The molecule has 18 heavy (non-hydrogen) atoms. The Morgan fingerprint density at radius 1 is 1.50 bits per heavy atom. The van der Waals surface area contributed by atoms with Crippen LogP contribution >= 0.6 is 0 Å². The molecule has 1 saturated carbocycles. The van der Waals surface area contributed by atoms with Gasteiger partial charge < -0.3 is 15.3 Å². The minimum absolute atomic E-state index is 0.135. The Balaban J connectivity index is 2.03. The van der Waals surface area contributed by atoms with E-state index < -0.39 is 5.97 Å². The predicted molar refractivity (Wildman–Crippen MR) is 68.8 cm³/mol. The quantitative estimate of drug-likeness (QED) is 0.821. The lowest BCUT2D eigenvalue weighted by atomic mass is 10.2. The second kappa shape index (κ2) is 5.66. The first-order chi connectivity index (χ1) is 8.66. The van der Waals surface area contributed by atoms with E-state index in [-0.39, 0.29) is 6.54 Å². The molecule has 0 amide bonds. The summed E-state index contributed by atoms with van der Waals surface area (Å²) >= 11 is 0. The summed E-state index contributed by atoms with van der Waals surface area (Å²) in [7, 11) is 2.03. The van der Waals surface area contributed by atoms with Gasteiger partial charge in [0.1, 0.15) is 24.5 Å². The van der Waals surface area contributed by atoms with Gasteiger partial charge in [-0.1, -0.05) is 12.8 Å². The standard InChI is InChI=1S/C12H18N4O2/c1-16(9-4-2-3-5-9)11-6-10(14-8-15-11)13-7-12(17)18/h6,8-9H,2-5,7H2,1H3,(H,17,18)(H,13,14,15). The van der Waals surface area contributed by atoms with Crippen LogP contribution in [0.15, 0.2) is 12.4 Å². The predicted octanol–water partition coefficient (Wildman–Crippen LogP) is 1.35. The summed E-state index contributed by atoms with van der Waals surface area (Å²) in [6.07, 6.45) is 6.39.